The minimum atomic E-state index is -1.43. The number of halogens is 1. The molecule has 0 saturated carbocycles. The van der Waals surface area contributed by atoms with Gasteiger partial charge in [0.25, 0.3) is 6.42 Å². The van der Waals surface area contributed by atoms with Crippen LogP contribution in [0.4, 0.5) is 4.39 Å². The fourth-order valence-corrected chi connectivity index (χ4v) is 2.49. The summed E-state index contributed by atoms with van der Waals surface area (Å²) in [6, 6.07) is 11.2. The first-order chi connectivity index (χ1) is 10.8. The normalized spacial score (nSPS) is 12.6. The van der Waals surface area contributed by atoms with E-state index >= 15 is 4.39 Å². The fraction of sp³-hybridized carbons (Fsp3) is 0.0625. The quantitative estimate of drug-likeness (QED) is 0.582. The number of hydrogen-bond donors (Lipinski definition) is 0. The molecule has 0 spiro atoms. The minimum absolute atomic E-state index is 0.538. The van der Waals surface area contributed by atoms with Crippen LogP contribution in [0.1, 0.15) is 6.42 Å². The maximum Gasteiger partial charge on any atom is 0.259 e. The maximum atomic E-state index is 15.0. The van der Waals surface area contributed by atoms with Gasteiger partial charge in [-0.05, 0) is 24.3 Å². The van der Waals surface area contributed by atoms with Crippen LogP contribution in [0.25, 0.3) is 22.4 Å². The number of rotatable bonds is 3. The van der Waals surface area contributed by atoms with Crippen LogP contribution in [0, 0.1) is 0 Å². The molecular weight excluding hydrogens is 281 g/mol. The zero-order valence-electron chi connectivity index (χ0n) is 11.5. The molecule has 4 rings (SSSR count). The Morgan fingerprint density at radius 3 is 2.68 bits per heavy atom. The van der Waals surface area contributed by atoms with Crippen molar-refractivity contribution in [3.8, 4) is 11.4 Å². The minimum Gasteiger partial charge on any atom is -0.289 e. The lowest BCUT2D eigenvalue weighted by Gasteiger charge is -2.15. The van der Waals surface area contributed by atoms with Gasteiger partial charge in [-0.25, -0.2) is 9.97 Å². The van der Waals surface area contributed by atoms with Crippen LogP contribution in [0.5, 0.6) is 0 Å². The molecular formula is C16H12FN5. The number of benzene rings is 1. The van der Waals surface area contributed by atoms with Crippen molar-refractivity contribution in [3.63, 3.8) is 0 Å². The summed E-state index contributed by atoms with van der Waals surface area (Å²) in [7, 11) is 0. The van der Waals surface area contributed by atoms with E-state index in [1.807, 2.05) is 36.4 Å². The fourth-order valence-electron chi connectivity index (χ4n) is 2.49. The second kappa shape index (κ2) is 5.07. The second-order valence-electron chi connectivity index (χ2n) is 4.86. The maximum absolute atomic E-state index is 15.0. The van der Waals surface area contributed by atoms with Crippen molar-refractivity contribution in [1.29, 1.82) is 0 Å². The van der Waals surface area contributed by atoms with Crippen LogP contribution in [-0.4, -0.2) is 24.1 Å². The van der Waals surface area contributed by atoms with Gasteiger partial charge in [0.15, 0.2) is 0 Å². The number of pyridine rings is 1. The van der Waals surface area contributed by atoms with Gasteiger partial charge in [0.2, 0.25) is 0 Å². The first-order valence-corrected chi connectivity index (χ1v) is 6.83. The average molecular weight is 293 g/mol. The largest absolute Gasteiger partial charge is 0.289 e. The number of alkyl halides is 1. The Kier molecular flexibility index (Phi) is 2.93. The third-order valence-electron chi connectivity index (χ3n) is 3.50. The Morgan fingerprint density at radius 1 is 1.00 bits per heavy atom. The Bertz CT molecular complexity index is 899. The summed E-state index contributed by atoms with van der Waals surface area (Å²) in [6.45, 7) is 0. The molecule has 0 amide bonds. The summed E-state index contributed by atoms with van der Waals surface area (Å²) in [6.07, 6.45) is 6.52. The van der Waals surface area contributed by atoms with Crippen molar-refractivity contribution in [2.75, 3.05) is 0 Å². The van der Waals surface area contributed by atoms with Crippen molar-refractivity contribution in [1.82, 2.24) is 24.1 Å². The van der Waals surface area contributed by atoms with Crippen LogP contribution < -0.4 is 0 Å². The van der Waals surface area contributed by atoms with Crippen molar-refractivity contribution in [2.24, 2.45) is 0 Å². The lowest BCUT2D eigenvalue weighted by molar-refractivity contribution is 0.206. The van der Waals surface area contributed by atoms with E-state index in [4.69, 9.17) is 0 Å². The number of hydrogen-bond acceptors (Lipinski definition) is 3. The van der Waals surface area contributed by atoms with E-state index in [-0.39, 0.29) is 0 Å². The molecule has 1 aromatic carbocycles. The molecule has 0 bridgehead atoms. The van der Waals surface area contributed by atoms with Crippen molar-refractivity contribution in [3.05, 3.63) is 67.5 Å². The highest BCUT2D eigenvalue weighted by atomic mass is 19.1. The van der Waals surface area contributed by atoms with Gasteiger partial charge in [-0.2, -0.15) is 4.39 Å². The molecule has 0 N–H and O–H groups in total. The van der Waals surface area contributed by atoms with E-state index in [0.29, 0.717) is 5.82 Å². The molecule has 0 aliphatic carbocycles. The summed E-state index contributed by atoms with van der Waals surface area (Å²) in [5.41, 5.74) is 2.23. The van der Waals surface area contributed by atoms with Gasteiger partial charge in [-0.1, -0.05) is 12.1 Å². The molecule has 1 atom stereocenters. The zero-order chi connectivity index (χ0) is 14.9. The average Bonchev–Trinajstić information content (AvgIpc) is 3.23. The van der Waals surface area contributed by atoms with E-state index in [2.05, 4.69) is 15.0 Å². The Hall–Kier alpha value is -3.02. The smallest absolute Gasteiger partial charge is 0.259 e. The number of aromatic nitrogens is 5. The third kappa shape index (κ3) is 1.96. The molecule has 3 heterocycles. The monoisotopic (exact) mass is 293 g/mol. The van der Waals surface area contributed by atoms with Gasteiger partial charge in [0, 0.05) is 30.4 Å². The van der Waals surface area contributed by atoms with Gasteiger partial charge in [0.1, 0.15) is 5.82 Å². The first-order valence-electron chi connectivity index (χ1n) is 6.83. The summed E-state index contributed by atoms with van der Waals surface area (Å²) in [4.78, 5) is 12.6. The number of fused-ring (bicyclic) bond motifs is 1. The number of para-hydroxylation sites is 2. The predicted molar refractivity (Wildman–Crippen MR) is 80.7 cm³/mol. The predicted octanol–water partition coefficient (Wildman–Crippen LogP) is 3.27. The van der Waals surface area contributed by atoms with E-state index in [0.717, 1.165) is 16.6 Å². The van der Waals surface area contributed by atoms with Crippen LogP contribution in [0.15, 0.2) is 67.5 Å². The van der Waals surface area contributed by atoms with Gasteiger partial charge < -0.3 is 0 Å². The van der Waals surface area contributed by atoms with Gasteiger partial charge >= 0.3 is 0 Å². The second-order valence-corrected chi connectivity index (χ2v) is 4.86. The first kappa shape index (κ1) is 12.7. The summed E-state index contributed by atoms with van der Waals surface area (Å²) >= 11 is 0. The molecule has 108 valence electrons. The molecule has 0 aliphatic rings. The summed E-state index contributed by atoms with van der Waals surface area (Å²) in [5.74, 6) is 0.538. The van der Waals surface area contributed by atoms with Crippen LogP contribution in [-0.2, 0) is 0 Å². The number of nitrogens with zero attached hydrogens (tertiary/aromatic N) is 5. The number of imidazole rings is 2. The zero-order valence-corrected chi connectivity index (χ0v) is 11.5. The van der Waals surface area contributed by atoms with Crippen molar-refractivity contribution in [2.45, 2.75) is 6.42 Å². The molecule has 0 fully saturated rings. The van der Waals surface area contributed by atoms with Gasteiger partial charge in [-0.15, -0.1) is 0 Å². The SMILES string of the molecule is FC(n1ccnc1)n1c(-c2cccnc2)nc2ccccc21. The molecule has 0 radical (unpaired) electrons. The Balaban J connectivity index is 1.98. The molecule has 0 aliphatic heterocycles. The molecule has 3 aromatic heterocycles. The van der Waals surface area contributed by atoms with Crippen LogP contribution in [0.2, 0.25) is 0 Å². The molecule has 5 nitrogen and oxygen atoms in total. The molecule has 1 unspecified atom stereocenters. The van der Waals surface area contributed by atoms with E-state index < -0.39 is 6.42 Å². The Morgan fingerprint density at radius 2 is 1.91 bits per heavy atom. The van der Waals surface area contributed by atoms with Crippen LogP contribution >= 0.6 is 0 Å². The van der Waals surface area contributed by atoms with Crippen molar-refractivity contribution >= 4 is 11.0 Å². The van der Waals surface area contributed by atoms with E-state index in [1.165, 1.54) is 10.9 Å². The topological polar surface area (TPSA) is 48.5 Å². The molecule has 22 heavy (non-hydrogen) atoms. The highest BCUT2D eigenvalue weighted by Crippen LogP contribution is 2.29. The molecule has 4 aromatic rings. The highest BCUT2D eigenvalue weighted by molar-refractivity contribution is 5.80. The molecule has 0 saturated heterocycles. The lowest BCUT2D eigenvalue weighted by Crippen LogP contribution is -2.13. The summed E-state index contributed by atoms with van der Waals surface area (Å²) in [5, 5.41) is 0. The molecule has 6 heteroatoms. The third-order valence-corrected chi connectivity index (χ3v) is 3.50. The Labute approximate surface area is 125 Å². The standard InChI is InChI=1S/C16H12FN5/c17-16(21-9-8-19-11-21)22-14-6-2-1-5-13(14)20-15(22)12-4-3-7-18-10-12/h1-11,16H. The van der Waals surface area contributed by atoms with Gasteiger partial charge in [-0.3, -0.25) is 14.1 Å². The lowest BCUT2D eigenvalue weighted by atomic mass is 10.3. The van der Waals surface area contributed by atoms with Crippen LogP contribution in [0.3, 0.4) is 0 Å². The highest BCUT2D eigenvalue weighted by Gasteiger charge is 2.20. The summed E-state index contributed by atoms with van der Waals surface area (Å²) < 4.78 is 18.0. The van der Waals surface area contributed by atoms with E-state index in [1.54, 1.807) is 29.4 Å². The van der Waals surface area contributed by atoms with Gasteiger partial charge in [0.05, 0.1) is 17.4 Å². The van der Waals surface area contributed by atoms with Crippen molar-refractivity contribution < 1.29 is 4.39 Å². The van der Waals surface area contributed by atoms with E-state index in [9.17, 15) is 0 Å².